The average molecular weight is 349 g/mol. The Bertz CT molecular complexity index is 796. The lowest BCUT2D eigenvalue weighted by Crippen LogP contribution is -2.40. The Labute approximate surface area is 140 Å². The van der Waals surface area contributed by atoms with Crippen molar-refractivity contribution in [3.63, 3.8) is 0 Å². The molecule has 1 saturated heterocycles. The Morgan fingerprint density at radius 1 is 1.22 bits per heavy atom. The molecule has 1 aromatic carbocycles. The highest BCUT2D eigenvalue weighted by Crippen LogP contribution is 2.31. The fraction of sp³-hybridized carbons (Fsp3) is 0.353. The quantitative estimate of drug-likeness (QED) is 0.778. The van der Waals surface area contributed by atoms with Crippen molar-refractivity contribution < 1.29 is 13.2 Å². The lowest BCUT2D eigenvalue weighted by Gasteiger charge is -2.22. The van der Waals surface area contributed by atoms with Gasteiger partial charge in [-0.25, -0.2) is 8.42 Å². The van der Waals surface area contributed by atoms with E-state index in [0.717, 1.165) is 11.3 Å². The summed E-state index contributed by atoms with van der Waals surface area (Å²) in [4.78, 5) is 13.7. The van der Waals surface area contributed by atoms with Crippen molar-refractivity contribution in [2.24, 2.45) is 0 Å². The van der Waals surface area contributed by atoms with Crippen LogP contribution in [0.1, 0.15) is 35.0 Å². The second-order valence-electron chi connectivity index (χ2n) is 5.58. The number of carbonyl (C=O) groups excluding carboxylic acids is 1. The van der Waals surface area contributed by atoms with Crippen molar-refractivity contribution in [3.05, 3.63) is 52.9 Å². The first-order valence-electron chi connectivity index (χ1n) is 7.74. The van der Waals surface area contributed by atoms with Gasteiger partial charge in [-0.15, -0.1) is 11.3 Å². The number of ketones is 1. The molecule has 0 spiro atoms. The first-order chi connectivity index (χ1) is 11.0. The molecule has 0 amide bonds. The molecule has 2 aromatic rings. The molecular formula is C17H19NO3S2. The summed E-state index contributed by atoms with van der Waals surface area (Å²) in [5.74, 6) is -0.112. The average Bonchev–Trinajstić information content (AvgIpc) is 3.24. The molecule has 4 nitrogen and oxygen atoms in total. The lowest BCUT2D eigenvalue weighted by atomic mass is 10.0. The minimum absolute atomic E-state index is 0.112. The van der Waals surface area contributed by atoms with Gasteiger partial charge in [-0.3, -0.25) is 4.79 Å². The van der Waals surface area contributed by atoms with E-state index >= 15 is 0 Å². The van der Waals surface area contributed by atoms with E-state index in [9.17, 15) is 13.2 Å². The molecule has 3 rings (SSSR count). The lowest BCUT2D eigenvalue weighted by molar-refractivity contribution is 0.0918. The number of rotatable bonds is 5. The molecule has 0 saturated carbocycles. The van der Waals surface area contributed by atoms with E-state index in [4.69, 9.17) is 0 Å². The van der Waals surface area contributed by atoms with Gasteiger partial charge in [-0.2, -0.15) is 4.31 Å². The van der Waals surface area contributed by atoms with Gasteiger partial charge in [0, 0.05) is 17.0 Å². The number of hydrogen-bond acceptors (Lipinski definition) is 4. The summed E-state index contributed by atoms with van der Waals surface area (Å²) in [6.07, 6.45) is 2.11. The Balaban J connectivity index is 1.90. The molecular weight excluding hydrogens is 330 g/mol. The second kappa shape index (κ2) is 6.55. The zero-order chi connectivity index (χ0) is 16.4. The summed E-state index contributed by atoms with van der Waals surface area (Å²) in [6.45, 7) is 2.41. The molecule has 23 heavy (non-hydrogen) atoms. The number of benzene rings is 1. The molecule has 0 aliphatic carbocycles. The molecule has 6 heteroatoms. The zero-order valence-electron chi connectivity index (χ0n) is 12.9. The maximum atomic E-state index is 12.9. The maximum Gasteiger partial charge on any atom is 0.253 e. The number of thiophene rings is 1. The van der Waals surface area contributed by atoms with E-state index in [1.165, 1.54) is 15.6 Å². The molecule has 2 heterocycles. The van der Waals surface area contributed by atoms with Crippen molar-refractivity contribution in [1.29, 1.82) is 0 Å². The molecule has 1 fully saturated rings. The van der Waals surface area contributed by atoms with Gasteiger partial charge in [-0.05, 0) is 31.4 Å². The highest BCUT2D eigenvalue weighted by atomic mass is 32.2. The van der Waals surface area contributed by atoms with Crippen LogP contribution in [0, 0.1) is 0 Å². The van der Waals surface area contributed by atoms with Gasteiger partial charge in [0.05, 0.1) is 6.04 Å². The summed E-state index contributed by atoms with van der Waals surface area (Å²) in [5.41, 5.74) is 0.569. The number of carbonyl (C=O) groups is 1. The number of hydrogen-bond donors (Lipinski definition) is 0. The fourth-order valence-corrected chi connectivity index (χ4v) is 5.97. The summed E-state index contributed by atoms with van der Waals surface area (Å²) in [7, 11) is -3.60. The predicted octanol–water partition coefficient (Wildman–Crippen LogP) is 3.35. The van der Waals surface area contributed by atoms with Gasteiger partial charge in [0.2, 0.25) is 0 Å². The van der Waals surface area contributed by atoms with Gasteiger partial charge in [0.15, 0.2) is 5.78 Å². The van der Waals surface area contributed by atoms with Gasteiger partial charge in [0.1, 0.15) is 4.21 Å². The van der Waals surface area contributed by atoms with Crippen LogP contribution in [0.2, 0.25) is 0 Å². The van der Waals surface area contributed by atoms with Crippen LogP contribution < -0.4 is 0 Å². The van der Waals surface area contributed by atoms with Crippen molar-refractivity contribution >= 4 is 27.1 Å². The van der Waals surface area contributed by atoms with Crippen LogP contribution in [-0.2, 0) is 16.4 Å². The van der Waals surface area contributed by atoms with Gasteiger partial charge < -0.3 is 0 Å². The molecule has 122 valence electrons. The molecule has 0 radical (unpaired) electrons. The Kier molecular flexibility index (Phi) is 4.66. The number of aryl methyl sites for hydroxylation is 1. The van der Waals surface area contributed by atoms with E-state index in [-0.39, 0.29) is 5.78 Å². The van der Waals surface area contributed by atoms with Gasteiger partial charge in [0.25, 0.3) is 10.0 Å². The number of sulfonamides is 1. The Morgan fingerprint density at radius 3 is 2.61 bits per heavy atom. The van der Waals surface area contributed by atoms with Crippen LogP contribution >= 0.6 is 11.3 Å². The van der Waals surface area contributed by atoms with Crippen LogP contribution in [0.25, 0.3) is 0 Å². The van der Waals surface area contributed by atoms with Crippen LogP contribution in [0.4, 0.5) is 0 Å². The molecule has 1 atom stereocenters. The van der Waals surface area contributed by atoms with Crippen molar-refractivity contribution in [1.82, 2.24) is 4.31 Å². The number of Topliss-reactive ketones (excluding diaryl/α,β-unsaturated/α-hetero) is 1. The van der Waals surface area contributed by atoms with Crippen LogP contribution in [-0.4, -0.2) is 31.1 Å². The summed E-state index contributed by atoms with van der Waals surface area (Å²) in [5, 5.41) is 0. The van der Waals surface area contributed by atoms with Crippen LogP contribution in [0.3, 0.4) is 0 Å². The SMILES string of the molecule is CCc1ccc(S(=O)(=O)N2CCCC2C(=O)c2ccccc2)s1. The largest absolute Gasteiger partial charge is 0.292 e. The number of nitrogens with zero attached hydrogens (tertiary/aromatic N) is 1. The summed E-state index contributed by atoms with van der Waals surface area (Å²) >= 11 is 1.30. The Morgan fingerprint density at radius 2 is 1.96 bits per heavy atom. The van der Waals surface area contributed by atoms with Gasteiger partial charge >= 0.3 is 0 Å². The molecule has 1 unspecified atom stereocenters. The monoisotopic (exact) mass is 349 g/mol. The van der Waals surface area contributed by atoms with E-state index in [2.05, 4.69) is 0 Å². The van der Waals surface area contributed by atoms with Crippen LogP contribution in [0.5, 0.6) is 0 Å². The van der Waals surface area contributed by atoms with Crippen molar-refractivity contribution in [2.75, 3.05) is 6.54 Å². The summed E-state index contributed by atoms with van der Waals surface area (Å²) < 4.78 is 27.5. The molecule has 0 N–H and O–H groups in total. The van der Waals surface area contributed by atoms with E-state index < -0.39 is 16.1 Å². The standard InChI is InChI=1S/C17H19NO3S2/c1-2-14-10-11-16(22-14)23(20,21)18-12-6-9-15(18)17(19)13-7-4-3-5-8-13/h3-5,7-8,10-11,15H,2,6,9,12H2,1H3. The smallest absolute Gasteiger partial charge is 0.253 e. The molecule has 1 aliphatic heterocycles. The first kappa shape index (κ1) is 16.4. The van der Waals surface area contributed by atoms with E-state index in [0.29, 0.717) is 29.2 Å². The fourth-order valence-electron chi connectivity index (χ4n) is 2.89. The first-order valence-corrected chi connectivity index (χ1v) is 9.99. The highest BCUT2D eigenvalue weighted by Gasteiger charge is 2.40. The Hall–Kier alpha value is -1.50. The third-order valence-corrected chi connectivity index (χ3v) is 7.72. The third kappa shape index (κ3) is 3.11. The highest BCUT2D eigenvalue weighted by molar-refractivity contribution is 7.91. The topological polar surface area (TPSA) is 54.5 Å². The van der Waals surface area contributed by atoms with Crippen molar-refractivity contribution in [2.45, 2.75) is 36.4 Å². The predicted molar refractivity (Wildman–Crippen MR) is 91.4 cm³/mol. The maximum absolute atomic E-state index is 12.9. The third-order valence-electron chi connectivity index (χ3n) is 4.11. The zero-order valence-corrected chi connectivity index (χ0v) is 14.6. The van der Waals surface area contributed by atoms with E-state index in [1.807, 2.05) is 19.1 Å². The van der Waals surface area contributed by atoms with E-state index in [1.54, 1.807) is 30.3 Å². The van der Waals surface area contributed by atoms with Crippen LogP contribution in [0.15, 0.2) is 46.7 Å². The second-order valence-corrected chi connectivity index (χ2v) is 8.86. The minimum Gasteiger partial charge on any atom is -0.292 e. The molecule has 1 aliphatic rings. The van der Waals surface area contributed by atoms with Gasteiger partial charge in [-0.1, -0.05) is 37.3 Å². The summed E-state index contributed by atoms with van der Waals surface area (Å²) in [6, 6.07) is 11.8. The molecule has 0 bridgehead atoms. The minimum atomic E-state index is -3.60. The normalized spacial score (nSPS) is 19.1. The molecule has 1 aromatic heterocycles. The van der Waals surface area contributed by atoms with Crippen molar-refractivity contribution in [3.8, 4) is 0 Å².